The SMILES string of the molecule is CCCC(C)(C)OOC(C)(C)C#CC1(OC(C)=O)CCC2C3CC[C@H]4CC(OC(C)=O)CC[C@]4(C)C3CC[C@@]21C. The number of carbonyl (C=O) groups is 2. The second kappa shape index (κ2) is 11.3. The first-order valence-electron chi connectivity index (χ1n) is 15.8. The van der Waals surface area contributed by atoms with E-state index in [-0.39, 0.29) is 28.9 Å². The Bertz CT molecular complexity index is 1020. The van der Waals surface area contributed by atoms with Gasteiger partial charge in [0.05, 0.1) is 5.60 Å². The van der Waals surface area contributed by atoms with Crippen LogP contribution in [0.1, 0.15) is 133 Å². The largest absolute Gasteiger partial charge is 0.463 e. The maximum atomic E-state index is 12.5. The molecule has 0 aromatic heterocycles. The van der Waals surface area contributed by atoms with Crippen LogP contribution >= 0.6 is 0 Å². The molecule has 5 unspecified atom stereocenters. The first-order chi connectivity index (χ1) is 18.6. The Morgan fingerprint density at radius 3 is 2.23 bits per heavy atom. The Morgan fingerprint density at radius 1 is 0.875 bits per heavy atom. The molecule has 0 aliphatic heterocycles. The molecule has 0 N–H and O–H groups in total. The van der Waals surface area contributed by atoms with Crippen molar-refractivity contribution in [2.45, 2.75) is 156 Å². The maximum absolute atomic E-state index is 12.5. The van der Waals surface area contributed by atoms with E-state index in [0.717, 1.165) is 57.8 Å². The summed E-state index contributed by atoms with van der Waals surface area (Å²) in [6, 6.07) is 0. The van der Waals surface area contributed by atoms with Crippen molar-refractivity contribution in [3.05, 3.63) is 0 Å². The fraction of sp³-hybridized carbons (Fsp3) is 0.882. The molecule has 0 spiro atoms. The summed E-state index contributed by atoms with van der Waals surface area (Å²) in [5.74, 6) is 8.76. The Balaban J connectivity index is 1.56. The summed E-state index contributed by atoms with van der Waals surface area (Å²) < 4.78 is 11.9. The number of rotatable bonds is 7. The van der Waals surface area contributed by atoms with Crippen LogP contribution in [0.4, 0.5) is 0 Å². The molecule has 0 radical (unpaired) electrons. The lowest BCUT2D eigenvalue weighted by atomic mass is 9.44. The van der Waals surface area contributed by atoms with Crippen LogP contribution in [0, 0.1) is 46.3 Å². The average molecular weight is 559 g/mol. The predicted molar refractivity (Wildman–Crippen MR) is 155 cm³/mol. The van der Waals surface area contributed by atoms with Crippen LogP contribution in [0.5, 0.6) is 0 Å². The number of hydrogen-bond acceptors (Lipinski definition) is 6. The van der Waals surface area contributed by atoms with Gasteiger partial charge in [0.15, 0.2) is 11.2 Å². The number of fused-ring (bicyclic) bond motifs is 5. The van der Waals surface area contributed by atoms with Gasteiger partial charge in [-0.25, -0.2) is 9.78 Å². The van der Waals surface area contributed by atoms with Crippen LogP contribution in [0.25, 0.3) is 0 Å². The fourth-order valence-electron chi connectivity index (χ4n) is 9.34. The van der Waals surface area contributed by atoms with Gasteiger partial charge in [-0.05, 0) is 121 Å². The van der Waals surface area contributed by atoms with E-state index in [4.69, 9.17) is 19.2 Å². The van der Waals surface area contributed by atoms with Crippen LogP contribution < -0.4 is 0 Å². The lowest BCUT2D eigenvalue weighted by molar-refractivity contribution is -0.389. The molecule has 6 nitrogen and oxygen atoms in total. The first kappa shape index (κ1) is 31.4. The van der Waals surface area contributed by atoms with E-state index in [2.05, 4.69) is 32.6 Å². The van der Waals surface area contributed by atoms with Crippen LogP contribution in [-0.2, 0) is 28.8 Å². The van der Waals surface area contributed by atoms with Crippen molar-refractivity contribution in [1.29, 1.82) is 0 Å². The van der Waals surface area contributed by atoms with Gasteiger partial charge in [-0.1, -0.05) is 39.0 Å². The fourth-order valence-corrected chi connectivity index (χ4v) is 9.34. The summed E-state index contributed by atoms with van der Waals surface area (Å²) in [5, 5.41) is 0. The van der Waals surface area contributed by atoms with Gasteiger partial charge in [0.1, 0.15) is 6.10 Å². The van der Waals surface area contributed by atoms with E-state index in [9.17, 15) is 9.59 Å². The van der Waals surface area contributed by atoms with E-state index in [1.54, 1.807) is 0 Å². The zero-order valence-electron chi connectivity index (χ0n) is 26.6. The van der Waals surface area contributed by atoms with E-state index >= 15 is 0 Å². The van der Waals surface area contributed by atoms with Crippen molar-refractivity contribution in [2.24, 2.45) is 34.5 Å². The number of hydrogen-bond donors (Lipinski definition) is 0. The van der Waals surface area contributed by atoms with Crippen molar-refractivity contribution in [2.75, 3.05) is 0 Å². The van der Waals surface area contributed by atoms with Gasteiger partial charge < -0.3 is 9.47 Å². The number of ether oxygens (including phenoxy) is 2. The molecule has 8 atom stereocenters. The van der Waals surface area contributed by atoms with Gasteiger partial charge >= 0.3 is 11.9 Å². The van der Waals surface area contributed by atoms with Gasteiger partial charge in [-0.15, -0.1) is 0 Å². The highest BCUT2D eigenvalue weighted by atomic mass is 17.2. The summed E-state index contributed by atoms with van der Waals surface area (Å²) in [5.41, 5.74) is -1.98. The molecule has 4 fully saturated rings. The van der Waals surface area contributed by atoms with Gasteiger partial charge in [-0.2, -0.15) is 0 Å². The molecule has 0 aromatic rings. The Kier molecular flexibility index (Phi) is 8.82. The predicted octanol–water partition coefficient (Wildman–Crippen LogP) is 7.57. The monoisotopic (exact) mass is 558 g/mol. The van der Waals surface area contributed by atoms with E-state index < -0.39 is 16.8 Å². The molecular weight excluding hydrogens is 504 g/mol. The topological polar surface area (TPSA) is 71.1 Å². The highest BCUT2D eigenvalue weighted by Crippen LogP contribution is 2.69. The quantitative estimate of drug-likeness (QED) is 0.139. The van der Waals surface area contributed by atoms with E-state index in [0.29, 0.717) is 23.7 Å². The zero-order chi connectivity index (χ0) is 29.6. The summed E-state index contributed by atoms with van der Waals surface area (Å²) in [6.45, 7) is 17.9. The van der Waals surface area contributed by atoms with Crippen molar-refractivity contribution >= 4 is 11.9 Å². The lowest BCUT2D eigenvalue weighted by Crippen LogP contribution is -2.57. The summed E-state index contributed by atoms with van der Waals surface area (Å²) in [6.07, 6.45) is 11.3. The molecule has 0 amide bonds. The zero-order valence-corrected chi connectivity index (χ0v) is 26.6. The van der Waals surface area contributed by atoms with Gasteiger partial charge in [0.25, 0.3) is 0 Å². The van der Waals surface area contributed by atoms with E-state index in [1.807, 2.05) is 27.7 Å². The summed E-state index contributed by atoms with van der Waals surface area (Å²) in [4.78, 5) is 35.8. The van der Waals surface area contributed by atoms with Crippen molar-refractivity contribution in [1.82, 2.24) is 0 Å². The van der Waals surface area contributed by atoms with Crippen LogP contribution in [0.2, 0.25) is 0 Å². The molecule has 0 aromatic carbocycles. The van der Waals surface area contributed by atoms with Gasteiger partial charge in [0.2, 0.25) is 0 Å². The van der Waals surface area contributed by atoms with Crippen molar-refractivity contribution in [3.63, 3.8) is 0 Å². The van der Waals surface area contributed by atoms with Crippen LogP contribution in [-0.4, -0.2) is 34.8 Å². The molecule has 4 rings (SSSR count). The molecule has 0 saturated heterocycles. The molecule has 6 heteroatoms. The third-order valence-corrected chi connectivity index (χ3v) is 11.3. The molecule has 4 saturated carbocycles. The standard InChI is InChI=1S/C34H54O6/c1-10-16-30(4,5)39-40-31(6,7)20-21-34(38-24(3)36)19-15-29-27-12-11-25-22-26(37-23(2)35)13-17-32(25,8)28(27)14-18-33(29,34)9/h25-29H,10-19,22H2,1-9H3/t25-,26?,27?,28?,29?,32-,33-,34?/m0/s1. The molecule has 0 heterocycles. The van der Waals surface area contributed by atoms with Gasteiger partial charge in [-0.3, -0.25) is 9.59 Å². The second-order valence-corrected chi connectivity index (χ2v) is 15.0. The number of esters is 2. The van der Waals surface area contributed by atoms with Gasteiger partial charge in [0, 0.05) is 19.3 Å². The average Bonchev–Trinajstić information content (AvgIpc) is 3.13. The third-order valence-electron chi connectivity index (χ3n) is 11.3. The first-order valence-corrected chi connectivity index (χ1v) is 15.8. The van der Waals surface area contributed by atoms with Crippen LogP contribution in [0.15, 0.2) is 0 Å². The Hall–Kier alpha value is -1.58. The van der Waals surface area contributed by atoms with Crippen molar-refractivity contribution in [3.8, 4) is 11.8 Å². The van der Waals surface area contributed by atoms with Crippen LogP contribution in [0.3, 0.4) is 0 Å². The normalized spacial score (nSPS) is 39.2. The second-order valence-electron chi connectivity index (χ2n) is 15.0. The molecule has 226 valence electrons. The number of carbonyl (C=O) groups excluding carboxylic acids is 2. The van der Waals surface area contributed by atoms with Crippen molar-refractivity contribution < 1.29 is 28.8 Å². The Labute approximate surface area is 242 Å². The highest BCUT2D eigenvalue weighted by molar-refractivity contribution is 5.67. The Morgan fingerprint density at radius 2 is 1.57 bits per heavy atom. The minimum absolute atomic E-state index is 0.0708. The summed E-state index contributed by atoms with van der Waals surface area (Å²) in [7, 11) is 0. The minimum atomic E-state index is -0.837. The summed E-state index contributed by atoms with van der Waals surface area (Å²) >= 11 is 0. The van der Waals surface area contributed by atoms with E-state index in [1.165, 1.54) is 26.7 Å². The molecule has 4 aliphatic carbocycles. The smallest absolute Gasteiger partial charge is 0.304 e. The molecule has 0 bridgehead atoms. The maximum Gasteiger partial charge on any atom is 0.304 e. The third kappa shape index (κ3) is 5.98. The minimum Gasteiger partial charge on any atom is -0.463 e. The molecule has 40 heavy (non-hydrogen) atoms. The highest BCUT2D eigenvalue weighted by Gasteiger charge is 2.66. The lowest BCUT2D eigenvalue weighted by Gasteiger charge is -2.61. The molecule has 4 aliphatic rings. The molecular formula is C34H54O6.